The molecule has 182 valence electrons. The van der Waals surface area contributed by atoms with Gasteiger partial charge in [0.1, 0.15) is 11.9 Å². The Morgan fingerprint density at radius 2 is 1.69 bits per heavy atom. The molecule has 2 N–H and O–H groups in total. The third-order valence-electron chi connectivity index (χ3n) is 7.16. The number of imide groups is 1. The van der Waals surface area contributed by atoms with Crippen molar-refractivity contribution in [2.24, 2.45) is 0 Å². The van der Waals surface area contributed by atoms with Crippen molar-refractivity contribution in [1.82, 2.24) is 9.97 Å². The molecule has 1 aliphatic rings. The number of quaternary nitrogens is 1. The number of fused-ring (bicyclic) bond motifs is 1. The number of para-hydroxylation sites is 3. The van der Waals surface area contributed by atoms with Gasteiger partial charge in [0.2, 0.25) is 0 Å². The maximum absolute atomic E-state index is 13.8. The van der Waals surface area contributed by atoms with Crippen LogP contribution in [-0.4, -0.2) is 44.8 Å². The van der Waals surface area contributed by atoms with E-state index in [4.69, 9.17) is 0 Å². The Bertz CT molecular complexity index is 1400. The predicted octanol–water partition coefficient (Wildman–Crippen LogP) is 5.48. The van der Waals surface area contributed by atoms with Crippen LogP contribution in [-0.2, 0) is 11.2 Å². The number of H-pyrrole nitrogens is 1. The van der Waals surface area contributed by atoms with Gasteiger partial charge in [0.25, 0.3) is 0 Å². The van der Waals surface area contributed by atoms with Crippen LogP contribution in [0.3, 0.4) is 0 Å². The summed E-state index contributed by atoms with van der Waals surface area (Å²) in [7, 11) is 0. The number of carbonyl (C=O) groups is 3. The number of hydrogen-bond acceptors (Lipinski definition) is 4. The van der Waals surface area contributed by atoms with Gasteiger partial charge in [0.15, 0.2) is 5.78 Å². The smallest absolute Gasteiger partial charge is 0.342 e. The third-order valence-corrected chi connectivity index (χ3v) is 7.16. The zero-order valence-corrected chi connectivity index (χ0v) is 20.2. The molecule has 4 aromatic rings. The van der Waals surface area contributed by atoms with Crippen LogP contribution in [0.5, 0.6) is 0 Å². The normalized spacial score (nSPS) is 19.3. The summed E-state index contributed by atoms with van der Waals surface area (Å²) in [5, 5.41) is 2.94. The van der Waals surface area contributed by atoms with E-state index in [0.717, 1.165) is 29.7 Å². The number of aromatic amines is 1. The number of benzene rings is 3. The number of ketones is 1. The van der Waals surface area contributed by atoms with E-state index in [2.05, 4.69) is 15.3 Å². The summed E-state index contributed by atoms with van der Waals surface area (Å²) in [6, 6.07) is 23.1. The average molecular weight is 482 g/mol. The summed E-state index contributed by atoms with van der Waals surface area (Å²) in [6.45, 7) is 2.40. The van der Waals surface area contributed by atoms with Crippen molar-refractivity contribution in [1.29, 1.82) is 0 Å². The van der Waals surface area contributed by atoms with E-state index in [9.17, 15) is 14.4 Å². The van der Waals surface area contributed by atoms with Crippen molar-refractivity contribution < 1.29 is 18.9 Å². The van der Waals surface area contributed by atoms with E-state index in [1.165, 1.54) is 0 Å². The van der Waals surface area contributed by atoms with Crippen molar-refractivity contribution >= 4 is 34.4 Å². The second kappa shape index (κ2) is 9.87. The van der Waals surface area contributed by atoms with E-state index in [1.807, 2.05) is 37.3 Å². The number of amides is 3. The number of aromatic nitrogens is 2. The second-order valence-corrected chi connectivity index (χ2v) is 9.35. The minimum atomic E-state index is -0.386. The molecule has 1 saturated heterocycles. The number of urea groups is 1. The lowest BCUT2D eigenvalue weighted by atomic mass is 10.0. The fourth-order valence-electron chi connectivity index (χ4n) is 5.16. The van der Waals surface area contributed by atoms with Crippen LogP contribution in [0, 0.1) is 0 Å². The molecule has 3 amide bonds. The Morgan fingerprint density at radius 1 is 0.972 bits per heavy atom. The molecule has 7 heteroatoms. The molecule has 36 heavy (non-hydrogen) atoms. The van der Waals surface area contributed by atoms with Gasteiger partial charge in [-0.1, -0.05) is 54.6 Å². The molecule has 0 radical (unpaired) electrons. The topological polar surface area (TPSA) is 91.9 Å². The summed E-state index contributed by atoms with van der Waals surface area (Å²) in [4.78, 5) is 48.4. The first-order valence-electron chi connectivity index (χ1n) is 12.3. The van der Waals surface area contributed by atoms with E-state index in [0.29, 0.717) is 29.8 Å². The summed E-state index contributed by atoms with van der Waals surface area (Å²) >= 11 is 0. The van der Waals surface area contributed by atoms with Gasteiger partial charge in [0.05, 0.1) is 29.7 Å². The maximum atomic E-state index is 13.8. The van der Waals surface area contributed by atoms with Crippen LogP contribution in [0.2, 0.25) is 0 Å². The summed E-state index contributed by atoms with van der Waals surface area (Å²) in [6.07, 6.45) is 2.20. The van der Waals surface area contributed by atoms with Gasteiger partial charge in [-0.05, 0) is 31.2 Å². The molecular weight excluding hydrogens is 452 g/mol. The largest absolute Gasteiger partial charge is 0.428 e. The highest BCUT2D eigenvalue weighted by Gasteiger charge is 2.52. The van der Waals surface area contributed by atoms with Crippen molar-refractivity contribution in [2.45, 2.75) is 38.6 Å². The minimum absolute atomic E-state index is 0.134. The lowest BCUT2D eigenvalue weighted by molar-refractivity contribution is -0.782. The second-order valence-electron chi connectivity index (χ2n) is 9.35. The first kappa shape index (κ1) is 23.6. The van der Waals surface area contributed by atoms with Gasteiger partial charge in [-0.3, -0.25) is 10.1 Å². The zero-order chi connectivity index (χ0) is 25.1. The SMILES string of the molecule is C[C@@H]1CCC[N+]1(C(=O)CCc1nc2ccccc2[nH]1)C(=O)Nc1ccccc1C(=O)c1ccccc1. The minimum Gasteiger partial charge on any atom is -0.342 e. The Kier molecular flexibility index (Phi) is 6.48. The Labute approximate surface area is 209 Å². The van der Waals surface area contributed by atoms with Gasteiger partial charge in [-0.2, -0.15) is 4.48 Å². The van der Waals surface area contributed by atoms with E-state index in [-0.39, 0.29) is 34.7 Å². The number of nitrogens with one attached hydrogen (secondary N) is 2. The highest BCUT2D eigenvalue weighted by atomic mass is 16.2. The number of rotatable bonds is 6. The Hall–Kier alpha value is -4.10. The number of imidazole rings is 1. The lowest BCUT2D eigenvalue weighted by Crippen LogP contribution is -2.60. The molecule has 2 heterocycles. The van der Waals surface area contributed by atoms with Crippen LogP contribution >= 0.6 is 0 Å². The molecule has 2 atom stereocenters. The number of hydrogen-bond donors (Lipinski definition) is 2. The molecule has 0 aliphatic carbocycles. The van der Waals surface area contributed by atoms with Crippen molar-refractivity contribution in [3.8, 4) is 0 Å². The van der Waals surface area contributed by atoms with Gasteiger partial charge < -0.3 is 4.98 Å². The van der Waals surface area contributed by atoms with Gasteiger partial charge in [0, 0.05) is 30.4 Å². The molecule has 1 aromatic heterocycles. The molecule has 1 aliphatic heterocycles. The molecule has 0 spiro atoms. The molecule has 1 fully saturated rings. The monoisotopic (exact) mass is 481 g/mol. The fraction of sp³-hybridized carbons (Fsp3) is 0.241. The zero-order valence-electron chi connectivity index (χ0n) is 20.2. The quantitative estimate of drug-likeness (QED) is 0.282. The van der Waals surface area contributed by atoms with Crippen molar-refractivity contribution in [2.75, 3.05) is 11.9 Å². The molecule has 5 rings (SSSR count). The number of nitrogens with zero attached hydrogens (tertiary/aromatic N) is 2. The van der Waals surface area contributed by atoms with Gasteiger partial charge in [-0.15, -0.1) is 0 Å². The molecule has 1 unspecified atom stereocenters. The molecular formula is C29H29N4O3+. The number of carbonyl (C=O) groups excluding carboxylic acids is 3. The molecule has 0 saturated carbocycles. The van der Waals surface area contributed by atoms with Crippen LogP contribution in [0.1, 0.15) is 47.9 Å². The predicted molar refractivity (Wildman–Crippen MR) is 139 cm³/mol. The van der Waals surface area contributed by atoms with Crippen molar-refractivity contribution in [3.63, 3.8) is 0 Å². The van der Waals surface area contributed by atoms with Crippen LogP contribution < -0.4 is 5.32 Å². The number of likely N-dealkylation sites (tertiary alicyclic amines) is 1. The average Bonchev–Trinajstić information content (AvgIpc) is 3.51. The van der Waals surface area contributed by atoms with E-state index < -0.39 is 0 Å². The standard InChI is InChI=1S/C29H28N4O3/c1-20-10-9-19-33(20,27(34)18-17-26-30-24-15-7-8-16-25(24)31-26)29(36)32-23-14-6-5-13-22(23)28(35)21-11-3-2-4-12-21/h2-8,11-16,20H,9-10,17-19H2,1H3,(H-,30,31,32,35,36)/p+1/t20-,33?/m1/s1. The third kappa shape index (κ3) is 4.33. The van der Waals surface area contributed by atoms with Gasteiger partial charge >= 0.3 is 11.9 Å². The number of aryl methyl sites for hydroxylation is 1. The summed E-state index contributed by atoms with van der Waals surface area (Å²) in [5.74, 6) is 0.419. The molecule has 7 nitrogen and oxygen atoms in total. The van der Waals surface area contributed by atoms with E-state index >= 15 is 0 Å². The molecule has 0 bridgehead atoms. The maximum Gasteiger partial charge on any atom is 0.428 e. The Balaban J connectivity index is 1.37. The first-order chi connectivity index (χ1) is 17.5. The van der Waals surface area contributed by atoms with Crippen LogP contribution in [0.25, 0.3) is 11.0 Å². The summed E-state index contributed by atoms with van der Waals surface area (Å²) in [5.41, 5.74) is 3.14. The molecule has 3 aromatic carbocycles. The highest BCUT2D eigenvalue weighted by Crippen LogP contribution is 2.31. The van der Waals surface area contributed by atoms with Crippen LogP contribution in [0.4, 0.5) is 10.5 Å². The fourth-order valence-corrected chi connectivity index (χ4v) is 5.16. The first-order valence-corrected chi connectivity index (χ1v) is 12.3. The number of anilines is 1. The lowest BCUT2D eigenvalue weighted by Gasteiger charge is -2.33. The summed E-state index contributed by atoms with van der Waals surface area (Å²) < 4.78 is -0.270. The van der Waals surface area contributed by atoms with E-state index in [1.54, 1.807) is 48.5 Å². The Morgan fingerprint density at radius 3 is 2.44 bits per heavy atom. The highest BCUT2D eigenvalue weighted by molar-refractivity contribution is 6.13. The van der Waals surface area contributed by atoms with Crippen molar-refractivity contribution in [3.05, 3.63) is 95.8 Å². The van der Waals surface area contributed by atoms with Gasteiger partial charge in [-0.25, -0.2) is 14.6 Å². The van der Waals surface area contributed by atoms with Crippen LogP contribution in [0.15, 0.2) is 78.9 Å².